The lowest BCUT2D eigenvalue weighted by Crippen LogP contribution is -1.87. The molecule has 0 N–H and O–H groups in total. The van der Waals surface area contributed by atoms with Crippen LogP contribution >= 0.6 is 11.8 Å². The molecule has 0 saturated carbocycles. The van der Waals surface area contributed by atoms with Gasteiger partial charge in [-0.15, -0.1) is 9.30 Å². The van der Waals surface area contributed by atoms with Gasteiger partial charge >= 0.3 is 0 Å². The van der Waals surface area contributed by atoms with Gasteiger partial charge in [-0.2, -0.15) is 0 Å². The molecule has 2 aromatic rings. The van der Waals surface area contributed by atoms with Crippen LogP contribution in [0, 0.1) is 0 Å². The van der Waals surface area contributed by atoms with Crippen molar-refractivity contribution in [3.63, 3.8) is 0 Å². The first kappa shape index (κ1) is 7.24. The van der Waals surface area contributed by atoms with E-state index in [1.165, 1.54) is 0 Å². The predicted octanol–water partition coefficient (Wildman–Crippen LogP) is 1.34. The Morgan fingerprint density at radius 1 is 1.17 bits per heavy atom. The monoisotopic (exact) mass is 180 g/mol. The Morgan fingerprint density at radius 3 is 2.50 bits per heavy atom. The molecule has 0 aliphatic rings. The number of rotatable bonds is 1. The average molecular weight is 181 g/mol. The summed E-state index contributed by atoms with van der Waals surface area (Å²) < 4.78 is 1.12. The van der Waals surface area contributed by atoms with E-state index in [0.717, 1.165) is 9.76 Å². The molecule has 0 aliphatic heterocycles. The highest BCUT2D eigenvalue weighted by atomic mass is 35.5. The van der Waals surface area contributed by atoms with E-state index in [1.807, 2.05) is 30.3 Å². The zero-order valence-electron chi connectivity index (χ0n) is 6.05. The Labute approximate surface area is 73.9 Å². The van der Waals surface area contributed by atoms with Gasteiger partial charge in [0, 0.05) is 17.3 Å². The second-order valence-electron chi connectivity index (χ2n) is 2.23. The van der Waals surface area contributed by atoms with Crippen molar-refractivity contribution in [2.24, 2.45) is 0 Å². The molecule has 1 heterocycles. The van der Waals surface area contributed by atoms with Crippen LogP contribution in [0.5, 0.6) is 0 Å². The Morgan fingerprint density at radius 2 is 1.92 bits per heavy atom. The molecule has 12 heavy (non-hydrogen) atoms. The third-order valence-corrected chi connectivity index (χ3v) is 1.69. The number of hydrogen-bond donors (Lipinski definition) is 0. The Bertz CT molecular complexity index is 370. The molecule has 60 valence electrons. The fraction of sp³-hybridized carbons (Fsp3) is 0. The van der Waals surface area contributed by atoms with Crippen LogP contribution in [0.25, 0.3) is 11.4 Å². The van der Waals surface area contributed by atoms with E-state index in [9.17, 15) is 0 Å². The molecule has 0 saturated heterocycles. The molecule has 0 unspecified atom stereocenters. The maximum atomic E-state index is 5.65. The SMILES string of the molecule is Cln1nnnc1-c1ccccc1. The third kappa shape index (κ3) is 1.16. The first-order chi connectivity index (χ1) is 5.88. The van der Waals surface area contributed by atoms with Crippen molar-refractivity contribution in [1.82, 2.24) is 19.7 Å². The van der Waals surface area contributed by atoms with Gasteiger partial charge in [0.05, 0.1) is 0 Å². The number of benzene rings is 1. The average Bonchev–Trinajstić information content (AvgIpc) is 2.53. The number of tetrazole rings is 1. The molecule has 0 radical (unpaired) electrons. The van der Waals surface area contributed by atoms with Crippen molar-refractivity contribution in [2.45, 2.75) is 0 Å². The van der Waals surface area contributed by atoms with Gasteiger partial charge in [-0.1, -0.05) is 30.3 Å². The van der Waals surface area contributed by atoms with Gasteiger partial charge in [0.1, 0.15) is 0 Å². The second-order valence-corrected chi connectivity index (χ2v) is 2.55. The smallest absolute Gasteiger partial charge is 0.131 e. The zero-order valence-corrected chi connectivity index (χ0v) is 6.81. The normalized spacial score (nSPS) is 10.1. The van der Waals surface area contributed by atoms with Crippen molar-refractivity contribution >= 4 is 11.8 Å². The summed E-state index contributed by atoms with van der Waals surface area (Å²) in [4.78, 5) is 0. The highest BCUT2D eigenvalue weighted by Crippen LogP contribution is 2.14. The molecule has 0 fully saturated rings. The van der Waals surface area contributed by atoms with Gasteiger partial charge in [0.25, 0.3) is 0 Å². The van der Waals surface area contributed by atoms with Gasteiger partial charge in [-0.3, -0.25) is 0 Å². The standard InChI is InChI=1S/C7H5ClN4/c8-12-7(9-10-11-12)6-4-2-1-3-5-6/h1-5H. The van der Waals surface area contributed by atoms with Crippen LogP contribution in [0.1, 0.15) is 0 Å². The number of hydrogen-bond acceptors (Lipinski definition) is 3. The van der Waals surface area contributed by atoms with Gasteiger partial charge in [0.15, 0.2) is 5.82 Å². The number of aromatic nitrogens is 4. The fourth-order valence-corrected chi connectivity index (χ4v) is 1.09. The quantitative estimate of drug-likeness (QED) is 0.665. The van der Waals surface area contributed by atoms with Crippen molar-refractivity contribution in [3.05, 3.63) is 30.3 Å². The number of halogens is 1. The minimum Gasteiger partial charge on any atom is -0.131 e. The van der Waals surface area contributed by atoms with E-state index in [2.05, 4.69) is 15.5 Å². The van der Waals surface area contributed by atoms with Gasteiger partial charge in [0.2, 0.25) is 0 Å². The van der Waals surface area contributed by atoms with Crippen molar-refractivity contribution < 1.29 is 0 Å². The minimum atomic E-state index is 0.553. The summed E-state index contributed by atoms with van der Waals surface area (Å²) in [6.45, 7) is 0. The van der Waals surface area contributed by atoms with Crippen LogP contribution in [0.4, 0.5) is 0 Å². The highest BCUT2D eigenvalue weighted by molar-refractivity contribution is 6.16. The zero-order chi connectivity index (χ0) is 8.39. The van der Waals surface area contributed by atoms with E-state index in [1.54, 1.807) is 0 Å². The van der Waals surface area contributed by atoms with Crippen LogP contribution < -0.4 is 0 Å². The summed E-state index contributed by atoms with van der Waals surface area (Å²) in [6, 6.07) is 9.52. The van der Waals surface area contributed by atoms with Crippen LogP contribution in [0.2, 0.25) is 0 Å². The highest BCUT2D eigenvalue weighted by Gasteiger charge is 2.04. The largest absolute Gasteiger partial charge is 0.199 e. The van der Waals surface area contributed by atoms with E-state index in [0.29, 0.717) is 5.82 Å². The van der Waals surface area contributed by atoms with Crippen molar-refractivity contribution in [2.75, 3.05) is 0 Å². The van der Waals surface area contributed by atoms with Gasteiger partial charge < -0.3 is 0 Å². The Kier molecular flexibility index (Phi) is 1.75. The van der Waals surface area contributed by atoms with E-state index in [-0.39, 0.29) is 0 Å². The maximum absolute atomic E-state index is 5.65. The molecule has 2 rings (SSSR count). The molecule has 0 amide bonds. The first-order valence-corrected chi connectivity index (χ1v) is 3.71. The van der Waals surface area contributed by atoms with Crippen LogP contribution in [-0.4, -0.2) is 19.7 Å². The summed E-state index contributed by atoms with van der Waals surface area (Å²) >= 11 is 5.65. The molecule has 5 heteroatoms. The minimum absolute atomic E-state index is 0.553. The molecule has 0 spiro atoms. The third-order valence-electron chi connectivity index (χ3n) is 1.46. The van der Waals surface area contributed by atoms with Crippen LogP contribution in [0.3, 0.4) is 0 Å². The molecular formula is C7H5ClN4. The summed E-state index contributed by atoms with van der Waals surface area (Å²) in [5.74, 6) is 0.553. The molecular weight excluding hydrogens is 176 g/mol. The van der Waals surface area contributed by atoms with E-state index in [4.69, 9.17) is 11.8 Å². The lowest BCUT2D eigenvalue weighted by molar-refractivity contribution is 0.846. The first-order valence-electron chi connectivity index (χ1n) is 3.38. The van der Waals surface area contributed by atoms with Crippen molar-refractivity contribution in [3.8, 4) is 11.4 Å². The summed E-state index contributed by atoms with van der Waals surface area (Å²) in [7, 11) is 0. The van der Waals surface area contributed by atoms with Gasteiger partial charge in [-0.05, 0) is 10.4 Å². The molecule has 4 nitrogen and oxygen atoms in total. The Balaban J connectivity index is 2.51. The van der Waals surface area contributed by atoms with Crippen LogP contribution in [-0.2, 0) is 0 Å². The Hall–Kier alpha value is -1.42. The molecule has 0 aliphatic carbocycles. The van der Waals surface area contributed by atoms with Crippen LogP contribution in [0.15, 0.2) is 30.3 Å². The fourth-order valence-electron chi connectivity index (χ4n) is 0.928. The summed E-state index contributed by atoms with van der Waals surface area (Å²) in [5, 5.41) is 10.7. The predicted molar refractivity (Wildman–Crippen MR) is 44.5 cm³/mol. The topological polar surface area (TPSA) is 43.6 Å². The lowest BCUT2D eigenvalue weighted by Gasteiger charge is -1.93. The molecule has 0 atom stereocenters. The van der Waals surface area contributed by atoms with E-state index < -0.39 is 0 Å². The molecule has 0 bridgehead atoms. The maximum Gasteiger partial charge on any atom is 0.199 e. The summed E-state index contributed by atoms with van der Waals surface area (Å²) in [6.07, 6.45) is 0. The lowest BCUT2D eigenvalue weighted by atomic mass is 10.2. The molecule has 1 aromatic carbocycles. The van der Waals surface area contributed by atoms with Crippen molar-refractivity contribution in [1.29, 1.82) is 0 Å². The second kappa shape index (κ2) is 2.91. The molecule has 1 aromatic heterocycles. The van der Waals surface area contributed by atoms with Gasteiger partial charge in [-0.25, -0.2) is 0 Å². The number of nitrogens with zero attached hydrogens (tertiary/aromatic N) is 4. The van der Waals surface area contributed by atoms with E-state index >= 15 is 0 Å². The summed E-state index contributed by atoms with van der Waals surface area (Å²) in [5.41, 5.74) is 0.900.